The van der Waals surface area contributed by atoms with Crippen molar-refractivity contribution in [3.05, 3.63) is 72.3 Å². The number of aliphatic imine (C=N–C) groups is 1. The van der Waals surface area contributed by atoms with Crippen LogP contribution in [0.1, 0.15) is 20.7 Å². The number of ketones is 1. The third kappa shape index (κ3) is 6.15. The molecule has 0 bridgehead atoms. The van der Waals surface area contributed by atoms with Gasteiger partial charge < -0.3 is 20.8 Å². The van der Waals surface area contributed by atoms with E-state index >= 15 is 0 Å². The van der Waals surface area contributed by atoms with E-state index in [0.29, 0.717) is 22.0 Å². The van der Waals surface area contributed by atoms with Crippen molar-refractivity contribution in [1.82, 2.24) is 9.55 Å². The Kier molecular flexibility index (Phi) is 7.38. The summed E-state index contributed by atoms with van der Waals surface area (Å²) in [6, 6.07) is 11.3. The summed E-state index contributed by atoms with van der Waals surface area (Å²) < 4.78 is 12.5. The van der Waals surface area contributed by atoms with Crippen LogP contribution in [0.2, 0.25) is 0 Å². The highest BCUT2D eigenvalue weighted by atomic mass is 32.2. The number of imidazole rings is 1. The van der Waals surface area contributed by atoms with Crippen LogP contribution in [0.5, 0.6) is 11.5 Å². The average molecular weight is 441 g/mol. The number of amides is 1. The van der Waals surface area contributed by atoms with Crippen LogP contribution >= 0.6 is 12.0 Å². The quantitative estimate of drug-likeness (QED) is 0.128. The summed E-state index contributed by atoms with van der Waals surface area (Å²) in [5.41, 5.74) is 11.3. The molecule has 1 amide bonds. The molecule has 3 rings (SSSR count). The number of carbonyl (C=O) groups is 2. The Balaban J connectivity index is 1.76. The van der Waals surface area contributed by atoms with Gasteiger partial charge in [0.05, 0.1) is 36.9 Å². The molecule has 0 fully saturated rings. The van der Waals surface area contributed by atoms with Crippen molar-refractivity contribution in [2.75, 3.05) is 7.11 Å². The molecule has 160 valence electrons. The van der Waals surface area contributed by atoms with Crippen molar-refractivity contribution >= 4 is 29.7 Å². The van der Waals surface area contributed by atoms with E-state index in [1.165, 1.54) is 19.2 Å². The van der Waals surface area contributed by atoms with Crippen molar-refractivity contribution in [2.45, 2.75) is 11.4 Å². The van der Waals surface area contributed by atoms with Crippen molar-refractivity contribution in [2.24, 2.45) is 16.5 Å². The second kappa shape index (κ2) is 10.4. The Labute approximate surface area is 182 Å². The molecule has 3 aromatic rings. The predicted octanol–water partition coefficient (Wildman–Crippen LogP) is 2.56. The molecule has 0 radical (unpaired) electrons. The number of nitrogens with zero attached hydrogens (tertiary/aromatic N) is 3. The highest BCUT2D eigenvalue weighted by Crippen LogP contribution is 2.34. The predicted molar refractivity (Wildman–Crippen MR) is 114 cm³/mol. The number of rotatable bonds is 9. The number of nitrogens with two attached hydrogens (primary N) is 2. The molecule has 4 N–H and O–H groups in total. The maximum Gasteiger partial charge on any atom is 0.280 e. The number of carbonyl (C=O) groups excluding carboxylic acids is 2. The maximum atomic E-state index is 12.3. The molecule has 0 aliphatic heterocycles. The third-order valence-electron chi connectivity index (χ3n) is 3.90. The topological polar surface area (TPSA) is 144 Å². The number of Topliss-reactive ketones (excluding diaryl/α,β-unsaturated/α-hetero) is 1. The summed E-state index contributed by atoms with van der Waals surface area (Å²) in [5.74, 6) is -0.110. The summed E-state index contributed by atoms with van der Waals surface area (Å²) in [5, 5.41) is 0. The van der Waals surface area contributed by atoms with E-state index in [9.17, 15) is 9.59 Å². The standard InChI is InChI=1S/C20H19N5O5S/c1-28-30-31-18-10-14(19(27)24-20(21)22)4-7-17(18)29-15-5-2-13(3-6-15)16(26)11-25-9-8-23-12-25/h2-10,12H,11H2,1H3,(H4,21,22,24,27). The SMILES string of the molecule is COOSc1cc(C(=O)N=C(N)N)ccc1Oc1ccc(C(=O)Cn2ccnc2)cc1. The summed E-state index contributed by atoms with van der Waals surface area (Å²) in [6.07, 6.45) is 4.92. The molecule has 1 aromatic heterocycles. The molecule has 0 aliphatic carbocycles. The zero-order valence-corrected chi connectivity index (χ0v) is 17.2. The van der Waals surface area contributed by atoms with Crippen molar-refractivity contribution in [3.8, 4) is 11.5 Å². The number of ether oxygens (including phenoxy) is 1. The Hall–Kier alpha value is -3.67. The van der Waals surface area contributed by atoms with Crippen LogP contribution in [-0.4, -0.2) is 34.3 Å². The molecule has 0 saturated carbocycles. The third-order valence-corrected chi connectivity index (χ3v) is 4.61. The summed E-state index contributed by atoms with van der Waals surface area (Å²) in [6.45, 7) is 0.195. The molecule has 31 heavy (non-hydrogen) atoms. The van der Waals surface area contributed by atoms with Crippen LogP contribution in [0.4, 0.5) is 0 Å². The maximum absolute atomic E-state index is 12.3. The number of hydrogen-bond acceptors (Lipinski definition) is 7. The summed E-state index contributed by atoms with van der Waals surface area (Å²) in [7, 11) is 1.35. The van der Waals surface area contributed by atoms with Crippen LogP contribution in [-0.2, 0) is 15.8 Å². The van der Waals surface area contributed by atoms with Crippen LogP contribution in [0.3, 0.4) is 0 Å². The zero-order valence-electron chi connectivity index (χ0n) is 16.4. The van der Waals surface area contributed by atoms with E-state index in [-0.39, 0.29) is 23.9 Å². The molecule has 0 aliphatic rings. The number of aromatic nitrogens is 2. The Morgan fingerprint density at radius 3 is 2.52 bits per heavy atom. The second-order valence-corrected chi connectivity index (χ2v) is 6.85. The van der Waals surface area contributed by atoms with Crippen molar-refractivity contribution in [1.29, 1.82) is 0 Å². The molecule has 10 nitrogen and oxygen atoms in total. The van der Waals surface area contributed by atoms with E-state index in [2.05, 4.69) is 14.9 Å². The number of hydrogen-bond donors (Lipinski definition) is 2. The first-order chi connectivity index (χ1) is 15.0. The molecular formula is C20H19N5O5S. The fraction of sp³-hybridized carbons (Fsp3) is 0.100. The van der Waals surface area contributed by atoms with E-state index < -0.39 is 5.91 Å². The fourth-order valence-corrected chi connectivity index (χ4v) is 3.02. The minimum Gasteiger partial charge on any atom is -0.456 e. The lowest BCUT2D eigenvalue weighted by Crippen LogP contribution is -2.24. The lowest BCUT2D eigenvalue weighted by atomic mass is 10.1. The molecule has 11 heteroatoms. The van der Waals surface area contributed by atoms with E-state index in [1.54, 1.807) is 53.6 Å². The van der Waals surface area contributed by atoms with Gasteiger partial charge in [0.2, 0.25) is 0 Å². The fourth-order valence-electron chi connectivity index (χ4n) is 2.52. The van der Waals surface area contributed by atoms with E-state index in [0.717, 1.165) is 12.0 Å². The zero-order chi connectivity index (χ0) is 22.2. The number of guanidine groups is 1. The van der Waals surface area contributed by atoms with Gasteiger partial charge in [0.15, 0.2) is 11.7 Å². The largest absolute Gasteiger partial charge is 0.456 e. The Morgan fingerprint density at radius 1 is 1.13 bits per heavy atom. The molecule has 0 spiro atoms. The van der Waals surface area contributed by atoms with Crippen LogP contribution in [0.25, 0.3) is 0 Å². The Morgan fingerprint density at radius 2 is 1.87 bits per heavy atom. The first-order valence-corrected chi connectivity index (χ1v) is 9.62. The van der Waals surface area contributed by atoms with Gasteiger partial charge in [-0.25, -0.2) is 9.87 Å². The lowest BCUT2D eigenvalue weighted by Gasteiger charge is -2.11. The summed E-state index contributed by atoms with van der Waals surface area (Å²) >= 11 is 0.854. The molecule has 1 heterocycles. The second-order valence-electron chi connectivity index (χ2n) is 6.11. The number of benzene rings is 2. The van der Waals surface area contributed by atoms with Gasteiger partial charge in [-0.2, -0.15) is 9.33 Å². The van der Waals surface area contributed by atoms with Crippen LogP contribution in [0.15, 0.2) is 71.1 Å². The van der Waals surface area contributed by atoms with Gasteiger partial charge in [0.1, 0.15) is 11.5 Å². The van der Waals surface area contributed by atoms with Crippen LogP contribution < -0.4 is 16.2 Å². The monoisotopic (exact) mass is 441 g/mol. The smallest absolute Gasteiger partial charge is 0.280 e. The van der Waals surface area contributed by atoms with Gasteiger partial charge in [-0.3, -0.25) is 9.59 Å². The minimum absolute atomic E-state index is 0.0584. The molecule has 0 saturated heterocycles. The summed E-state index contributed by atoms with van der Waals surface area (Å²) in [4.78, 5) is 36.9. The highest BCUT2D eigenvalue weighted by Gasteiger charge is 2.14. The van der Waals surface area contributed by atoms with Crippen molar-refractivity contribution in [3.63, 3.8) is 0 Å². The van der Waals surface area contributed by atoms with Crippen LogP contribution in [0, 0.1) is 0 Å². The van der Waals surface area contributed by atoms with Gasteiger partial charge in [-0.15, -0.1) is 0 Å². The lowest BCUT2D eigenvalue weighted by molar-refractivity contribution is -0.160. The van der Waals surface area contributed by atoms with E-state index in [4.69, 9.17) is 20.5 Å². The van der Waals surface area contributed by atoms with Gasteiger partial charge in [0, 0.05) is 23.5 Å². The normalized spacial score (nSPS) is 10.5. The molecule has 0 unspecified atom stereocenters. The van der Waals surface area contributed by atoms with Gasteiger partial charge in [-0.05, 0) is 42.5 Å². The molecule has 2 aromatic carbocycles. The van der Waals surface area contributed by atoms with Gasteiger partial charge in [-0.1, -0.05) is 0 Å². The minimum atomic E-state index is -0.605. The van der Waals surface area contributed by atoms with Crippen molar-refractivity contribution < 1.29 is 23.5 Å². The van der Waals surface area contributed by atoms with Gasteiger partial charge in [0.25, 0.3) is 5.91 Å². The Bertz CT molecular complexity index is 1080. The molecule has 0 atom stereocenters. The van der Waals surface area contributed by atoms with E-state index in [1.807, 2.05) is 0 Å². The first kappa shape index (κ1) is 22.0. The van der Waals surface area contributed by atoms with Gasteiger partial charge >= 0.3 is 0 Å². The average Bonchev–Trinajstić information content (AvgIpc) is 3.26. The first-order valence-electron chi connectivity index (χ1n) is 8.88. The highest BCUT2D eigenvalue weighted by molar-refractivity contribution is 7.94. The molecular weight excluding hydrogens is 422 g/mol.